The van der Waals surface area contributed by atoms with E-state index in [1.165, 1.54) is 31.4 Å². The van der Waals surface area contributed by atoms with Gasteiger partial charge >= 0.3 is 0 Å². The lowest BCUT2D eigenvalue weighted by Gasteiger charge is -2.33. The van der Waals surface area contributed by atoms with Crippen molar-refractivity contribution in [1.82, 2.24) is 14.9 Å². The number of anilines is 1. The third-order valence-corrected chi connectivity index (χ3v) is 5.59. The molecule has 5 nitrogen and oxygen atoms in total. The summed E-state index contributed by atoms with van der Waals surface area (Å²) in [6.07, 6.45) is 4.94. The molecular weight excluding hydrogens is 348 g/mol. The molecule has 0 radical (unpaired) electrons. The van der Waals surface area contributed by atoms with Crippen molar-refractivity contribution < 1.29 is 4.79 Å². The van der Waals surface area contributed by atoms with Crippen LogP contribution in [0.3, 0.4) is 0 Å². The van der Waals surface area contributed by atoms with E-state index >= 15 is 0 Å². The van der Waals surface area contributed by atoms with Gasteiger partial charge in [-0.3, -0.25) is 9.69 Å². The average molecular weight is 377 g/mol. The van der Waals surface area contributed by atoms with E-state index in [2.05, 4.69) is 39.2 Å². The average Bonchev–Trinajstić information content (AvgIpc) is 3.13. The number of nitrogens with one attached hydrogen (secondary N) is 2. The highest BCUT2D eigenvalue weighted by Gasteiger charge is 2.18. The Kier molecular flexibility index (Phi) is 5.72. The van der Waals surface area contributed by atoms with E-state index < -0.39 is 0 Å². The molecule has 1 aliphatic rings. The van der Waals surface area contributed by atoms with E-state index in [9.17, 15) is 4.79 Å². The number of aromatic amines is 1. The van der Waals surface area contributed by atoms with Crippen LogP contribution in [0.2, 0.25) is 0 Å². The van der Waals surface area contributed by atoms with E-state index in [0.717, 1.165) is 29.1 Å². The molecule has 2 aromatic carbocycles. The molecule has 4 rings (SSSR count). The summed E-state index contributed by atoms with van der Waals surface area (Å²) >= 11 is 0. The monoisotopic (exact) mass is 376 g/mol. The van der Waals surface area contributed by atoms with Gasteiger partial charge in [0, 0.05) is 31.1 Å². The second-order valence-corrected chi connectivity index (χ2v) is 7.76. The Morgan fingerprint density at radius 3 is 2.79 bits per heavy atom. The van der Waals surface area contributed by atoms with Crippen LogP contribution in [0.25, 0.3) is 11.0 Å². The number of likely N-dealkylation sites (tertiary alicyclic amines) is 1. The zero-order chi connectivity index (χ0) is 19.3. The number of piperidine rings is 1. The molecule has 0 saturated carbocycles. The Morgan fingerprint density at radius 1 is 1.18 bits per heavy atom. The number of hydrogen-bond acceptors (Lipinski definition) is 3. The summed E-state index contributed by atoms with van der Waals surface area (Å²) in [6.45, 7) is 4.48. The number of imidazole rings is 1. The third-order valence-electron chi connectivity index (χ3n) is 5.59. The fourth-order valence-electron chi connectivity index (χ4n) is 3.90. The maximum absolute atomic E-state index is 12.3. The summed E-state index contributed by atoms with van der Waals surface area (Å²) in [5.74, 6) is 0.861. The van der Waals surface area contributed by atoms with Crippen molar-refractivity contribution in [3.8, 4) is 0 Å². The van der Waals surface area contributed by atoms with Crippen molar-refractivity contribution in [2.24, 2.45) is 0 Å². The first kappa shape index (κ1) is 18.7. The van der Waals surface area contributed by atoms with E-state index in [4.69, 9.17) is 0 Å². The number of fused-ring (bicyclic) bond motifs is 1. The Labute approximate surface area is 166 Å². The first-order chi connectivity index (χ1) is 13.7. The molecule has 146 valence electrons. The molecule has 1 aromatic heterocycles. The topological polar surface area (TPSA) is 61.0 Å². The van der Waals surface area contributed by atoms with Crippen molar-refractivity contribution in [1.29, 1.82) is 0 Å². The summed E-state index contributed by atoms with van der Waals surface area (Å²) in [6, 6.07) is 16.8. The van der Waals surface area contributed by atoms with Crippen LogP contribution in [0.15, 0.2) is 48.5 Å². The number of aromatic nitrogens is 2. The molecule has 2 N–H and O–H groups in total. The summed E-state index contributed by atoms with van der Waals surface area (Å²) in [7, 11) is 0. The second kappa shape index (κ2) is 8.57. The molecule has 1 aliphatic heterocycles. The quantitative estimate of drug-likeness (QED) is 0.665. The first-order valence-electron chi connectivity index (χ1n) is 10.2. The predicted molar refractivity (Wildman–Crippen MR) is 113 cm³/mol. The molecule has 0 spiro atoms. The number of benzene rings is 2. The number of carbonyl (C=O) groups is 1. The SMILES string of the molecule is CC1CCCCN1Cc1ccc(NC(=O)CCc2nc3ccccc3[nH]2)cc1. The Hall–Kier alpha value is -2.66. The fraction of sp³-hybridized carbons (Fsp3) is 0.391. The number of para-hydroxylation sites is 2. The number of nitrogens with zero attached hydrogens (tertiary/aromatic N) is 2. The lowest BCUT2D eigenvalue weighted by atomic mass is 10.0. The van der Waals surface area contributed by atoms with Crippen molar-refractivity contribution in [2.75, 3.05) is 11.9 Å². The molecule has 1 amide bonds. The molecule has 1 fully saturated rings. The van der Waals surface area contributed by atoms with Crippen molar-refractivity contribution in [3.63, 3.8) is 0 Å². The number of carbonyl (C=O) groups excluding carboxylic acids is 1. The Bertz CT molecular complexity index is 898. The van der Waals surface area contributed by atoms with Gasteiger partial charge in [0.05, 0.1) is 11.0 Å². The van der Waals surface area contributed by atoms with Crippen LogP contribution >= 0.6 is 0 Å². The van der Waals surface area contributed by atoms with E-state index in [0.29, 0.717) is 18.9 Å². The number of H-pyrrole nitrogens is 1. The van der Waals surface area contributed by atoms with Gasteiger partial charge in [-0.25, -0.2) is 4.98 Å². The van der Waals surface area contributed by atoms with Gasteiger partial charge in [-0.05, 0) is 56.1 Å². The zero-order valence-corrected chi connectivity index (χ0v) is 16.4. The second-order valence-electron chi connectivity index (χ2n) is 7.76. The molecule has 1 atom stereocenters. The molecule has 5 heteroatoms. The van der Waals surface area contributed by atoms with Crippen LogP contribution in [-0.4, -0.2) is 33.4 Å². The smallest absolute Gasteiger partial charge is 0.224 e. The lowest BCUT2D eigenvalue weighted by Crippen LogP contribution is -2.36. The molecular formula is C23H28N4O. The van der Waals surface area contributed by atoms with Gasteiger partial charge in [0.1, 0.15) is 5.82 Å². The van der Waals surface area contributed by atoms with Gasteiger partial charge < -0.3 is 10.3 Å². The first-order valence-corrected chi connectivity index (χ1v) is 10.2. The van der Waals surface area contributed by atoms with Gasteiger partial charge in [0.2, 0.25) is 5.91 Å². The predicted octanol–water partition coefficient (Wildman–Crippen LogP) is 4.51. The molecule has 1 unspecified atom stereocenters. The van der Waals surface area contributed by atoms with Crippen molar-refractivity contribution in [2.45, 2.75) is 51.6 Å². The van der Waals surface area contributed by atoms with E-state index in [1.54, 1.807) is 0 Å². The van der Waals surface area contributed by atoms with E-state index in [-0.39, 0.29) is 5.91 Å². The maximum atomic E-state index is 12.3. The fourth-order valence-corrected chi connectivity index (χ4v) is 3.90. The lowest BCUT2D eigenvalue weighted by molar-refractivity contribution is -0.116. The van der Waals surface area contributed by atoms with Gasteiger partial charge in [-0.15, -0.1) is 0 Å². The third kappa shape index (κ3) is 4.60. The number of amides is 1. The molecule has 1 saturated heterocycles. The summed E-state index contributed by atoms with van der Waals surface area (Å²) in [5, 5.41) is 2.99. The highest BCUT2D eigenvalue weighted by atomic mass is 16.1. The standard InChI is InChI=1S/C23H28N4O/c1-17-6-4-5-15-27(17)16-18-9-11-19(12-10-18)24-23(28)14-13-22-25-20-7-2-3-8-21(20)26-22/h2-3,7-12,17H,4-6,13-16H2,1H3,(H,24,28)(H,25,26). The molecule has 0 aliphatic carbocycles. The molecule has 28 heavy (non-hydrogen) atoms. The summed E-state index contributed by atoms with van der Waals surface area (Å²) < 4.78 is 0. The minimum absolute atomic E-state index is 0.0119. The van der Waals surface area contributed by atoms with Crippen LogP contribution < -0.4 is 5.32 Å². The number of rotatable bonds is 6. The van der Waals surface area contributed by atoms with Crippen LogP contribution in [0, 0.1) is 0 Å². The largest absolute Gasteiger partial charge is 0.342 e. The van der Waals surface area contributed by atoms with Gasteiger partial charge in [0.25, 0.3) is 0 Å². The Balaban J connectivity index is 1.28. The van der Waals surface area contributed by atoms with Crippen LogP contribution in [0.1, 0.15) is 44.0 Å². The van der Waals surface area contributed by atoms with Crippen molar-refractivity contribution in [3.05, 3.63) is 59.9 Å². The van der Waals surface area contributed by atoms with E-state index in [1.807, 2.05) is 36.4 Å². The highest BCUT2D eigenvalue weighted by molar-refractivity contribution is 5.90. The molecule has 2 heterocycles. The number of aryl methyl sites for hydroxylation is 1. The maximum Gasteiger partial charge on any atom is 0.224 e. The Morgan fingerprint density at radius 2 is 2.00 bits per heavy atom. The minimum atomic E-state index is 0.0119. The van der Waals surface area contributed by atoms with Crippen LogP contribution in [0.5, 0.6) is 0 Å². The number of hydrogen-bond donors (Lipinski definition) is 2. The summed E-state index contributed by atoms with van der Waals surface area (Å²) in [4.78, 5) is 22.6. The van der Waals surface area contributed by atoms with Crippen LogP contribution in [-0.2, 0) is 17.8 Å². The molecule has 0 bridgehead atoms. The summed E-state index contributed by atoms with van der Waals surface area (Å²) in [5.41, 5.74) is 4.10. The highest BCUT2D eigenvalue weighted by Crippen LogP contribution is 2.20. The van der Waals surface area contributed by atoms with Crippen molar-refractivity contribution >= 4 is 22.6 Å². The molecule has 3 aromatic rings. The van der Waals surface area contributed by atoms with Gasteiger partial charge in [-0.2, -0.15) is 0 Å². The minimum Gasteiger partial charge on any atom is -0.342 e. The van der Waals surface area contributed by atoms with Crippen LogP contribution in [0.4, 0.5) is 5.69 Å². The normalized spacial score (nSPS) is 17.7. The van der Waals surface area contributed by atoms with Gasteiger partial charge in [0.15, 0.2) is 0 Å². The van der Waals surface area contributed by atoms with Gasteiger partial charge in [-0.1, -0.05) is 30.7 Å². The zero-order valence-electron chi connectivity index (χ0n) is 16.4.